The molecule has 0 aliphatic rings. The third-order valence-electron chi connectivity index (χ3n) is 2.94. The minimum Gasteiger partial charge on any atom is -0.352 e. The first-order valence-corrected chi connectivity index (χ1v) is 7.89. The van der Waals surface area contributed by atoms with Crippen LogP contribution in [0.1, 0.15) is 17.4 Å². The molecule has 0 unspecified atom stereocenters. The van der Waals surface area contributed by atoms with Crippen molar-refractivity contribution in [2.75, 3.05) is 12.4 Å². The predicted octanol–water partition coefficient (Wildman–Crippen LogP) is 2.57. The molecular weight excluding hydrogens is 296 g/mol. The fraction of sp³-hybridized carbons (Fsp3) is 0.250. The summed E-state index contributed by atoms with van der Waals surface area (Å²) in [6, 6.07) is 11.9. The molecule has 2 rings (SSSR count). The number of nitrogens with one attached hydrogen (secondary N) is 3. The third kappa shape index (κ3) is 5.21. The number of anilines is 1. The number of carbonyl (C=O) groups is 1. The van der Waals surface area contributed by atoms with Gasteiger partial charge in [0.05, 0.1) is 6.54 Å². The van der Waals surface area contributed by atoms with Gasteiger partial charge in [-0.25, -0.2) is 0 Å². The number of amides is 1. The molecule has 22 heavy (non-hydrogen) atoms. The average Bonchev–Trinajstić information content (AvgIpc) is 3.00. The normalized spacial score (nSPS) is 11.1. The minimum absolute atomic E-state index is 0.0708. The van der Waals surface area contributed by atoms with Crippen molar-refractivity contribution in [3.05, 3.63) is 52.2 Å². The number of thiophene rings is 1. The fourth-order valence-corrected chi connectivity index (χ4v) is 2.60. The standard InChI is InChI=1S/C16H20N4OS/c1-12(21)20-14-6-3-5-13(9-14)10-18-16(17-2)19-11-15-7-4-8-22-15/h3-9H,10-11H2,1-2H3,(H,20,21)(H2,17,18,19). The highest BCUT2D eigenvalue weighted by Gasteiger charge is 2.01. The molecule has 1 amide bonds. The van der Waals surface area contributed by atoms with Gasteiger partial charge < -0.3 is 16.0 Å². The lowest BCUT2D eigenvalue weighted by atomic mass is 10.2. The van der Waals surface area contributed by atoms with E-state index in [1.807, 2.05) is 30.3 Å². The summed E-state index contributed by atoms with van der Waals surface area (Å²) in [6.45, 7) is 2.89. The topological polar surface area (TPSA) is 65.5 Å². The number of benzene rings is 1. The SMILES string of the molecule is CN=C(NCc1cccc(NC(C)=O)c1)NCc1cccs1. The van der Waals surface area contributed by atoms with Crippen molar-refractivity contribution in [2.24, 2.45) is 4.99 Å². The van der Waals surface area contributed by atoms with Crippen LogP contribution in [0.5, 0.6) is 0 Å². The van der Waals surface area contributed by atoms with Gasteiger partial charge in [0.1, 0.15) is 0 Å². The van der Waals surface area contributed by atoms with E-state index >= 15 is 0 Å². The van der Waals surface area contributed by atoms with Crippen LogP contribution in [0.25, 0.3) is 0 Å². The second-order valence-corrected chi connectivity index (χ2v) is 5.77. The Morgan fingerprint density at radius 1 is 1.18 bits per heavy atom. The first-order valence-electron chi connectivity index (χ1n) is 7.01. The van der Waals surface area contributed by atoms with Gasteiger partial charge in [0, 0.05) is 31.1 Å². The van der Waals surface area contributed by atoms with Crippen LogP contribution in [-0.4, -0.2) is 18.9 Å². The van der Waals surface area contributed by atoms with Gasteiger partial charge in [0.2, 0.25) is 5.91 Å². The Kier molecular flexibility index (Phi) is 5.97. The monoisotopic (exact) mass is 316 g/mol. The van der Waals surface area contributed by atoms with Gasteiger partial charge in [-0.3, -0.25) is 9.79 Å². The van der Waals surface area contributed by atoms with Gasteiger partial charge in [0.15, 0.2) is 5.96 Å². The van der Waals surface area contributed by atoms with Crippen molar-refractivity contribution in [1.82, 2.24) is 10.6 Å². The van der Waals surface area contributed by atoms with Crippen molar-refractivity contribution in [1.29, 1.82) is 0 Å². The highest BCUT2D eigenvalue weighted by atomic mass is 32.1. The van der Waals surface area contributed by atoms with Crippen LogP contribution in [0, 0.1) is 0 Å². The number of hydrogen-bond acceptors (Lipinski definition) is 3. The van der Waals surface area contributed by atoms with Crippen LogP contribution in [0.3, 0.4) is 0 Å². The molecule has 5 nitrogen and oxygen atoms in total. The number of aliphatic imine (C=N–C) groups is 1. The average molecular weight is 316 g/mol. The van der Waals surface area contributed by atoms with E-state index in [2.05, 4.69) is 32.4 Å². The maximum absolute atomic E-state index is 11.1. The summed E-state index contributed by atoms with van der Waals surface area (Å²) in [7, 11) is 1.75. The first kappa shape index (κ1) is 16.0. The van der Waals surface area contributed by atoms with Crippen LogP contribution in [0.4, 0.5) is 5.69 Å². The number of nitrogens with zero attached hydrogens (tertiary/aromatic N) is 1. The summed E-state index contributed by atoms with van der Waals surface area (Å²) in [5.74, 6) is 0.678. The Hall–Kier alpha value is -2.34. The van der Waals surface area contributed by atoms with Crippen LogP contribution < -0.4 is 16.0 Å². The Morgan fingerprint density at radius 2 is 2.00 bits per heavy atom. The third-order valence-corrected chi connectivity index (χ3v) is 3.82. The molecule has 0 aliphatic heterocycles. The molecule has 0 atom stereocenters. The van der Waals surface area contributed by atoms with Crippen LogP contribution in [-0.2, 0) is 17.9 Å². The smallest absolute Gasteiger partial charge is 0.221 e. The van der Waals surface area contributed by atoms with E-state index in [4.69, 9.17) is 0 Å². The van der Waals surface area contributed by atoms with Crippen LogP contribution in [0.15, 0.2) is 46.8 Å². The zero-order chi connectivity index (χ0) is 15.8. The quantitative estimate of drug-likeness (QED) is 0.587. The van der Waals surface area contributed by atoms with E-state index < -0.39 is 0 Å². The Morgan fingerprint density at radius 3 is 2.68 bits per heavy atom. The number of guanidine groups is 1. The molecule has 116 valence electrons. The lowest BCUT2D eigenvalue weighted by molar-refractivity contribution is -0.114. The fourth-order valence-electron chi connectivity index (χ4n) is 1.95. The summed E-state index contributed by atoms with van der Waals surface area (Å²) in [4.78, 5) is 16.5. The van der Waals surface area contributed by atoms with Crippen molar-refractivity contribution < 1.29 is 4.79 Å². The van der Waals surface area contributed by atoms with E-state index in [9.17, 15) is 4.79 Å². The van der Waals surface area contributed by atoms with E-state index in [-0.39, 0.29) is 5.91 Å². The summed E-state index contributed by atoms with van der Waals surface area (Å²) in [5.41, 5.74) is 1.87. The van der Waals surface area contributed by atoms with Crippen LogP contribution in [0.2, 0.25) is 0 Å². The molecule has 0 saturated carbocycles. The van der Waals surface area contributed by atoms with E-state index in [0.29, 0.717) is 6.54 Å². The Bertz CT molecular complexity index is 637. The number of carbonyl (C=O) groups excluding carboxylic acids is 1. The maximum atomic E-state index is 11.1. The minimum atomic E-state index is -0.0708. The second-order valence-electron chi connectivity index (χ2n) is 4.74. The van der Waals surface area contributed by atoms with Crippen molar-refractivity contribution >= 4 is 28.9 Å². The highest BCUT2D eigenvalue weighted by molar-refractivity contribution is 7.09. The zero-order valence-electron chi connectivity index (χ0n) is 12.7. The maximum Gasteiger partial charge on any atom is 0.221 e. The molecule has 0 spiro atoms. The summed E-state index contributed by atoms with van der Waals surface area (Å²) >= 11 is 1.71. The molecule has 0 radical (unpaired) electrons. The molecule has 3 N–H and O–H groups in total. The molecule has 0 aliphatic carbocycles. The van der Waals surface area contributed by atoms with Gasteiger partial charge in [-0.15, -0.1) is 11.3 Å². The van der Waals surface area contributed by atoms with Gasteiger partial charge in [0.25, 0.3) is 0 Å². The molecule has 0 bridgehead atoms. The Labute approximate surface area is 134 Å². The largest absolute Gasteiger partial charge is 0.352 e. The van der Waals surface area contributed by atoms with Gasteiger partial charge in [-0.05, 0) is 29.1 Å². The number of hydrogen-bond donors (Lipinski definition) is 3. The molecule has 1 heterocycles. The molecule has 6 heteroatoms. The summed E-state index contributed by atoms with van der Waals surface area (Å²) in [6.07, 6.45) is 0. The summed E-state index contributed by atoms with van der Waals surface area (Å²) in [5, 5.41) is 11.4. The predicted molar refractivity (Wildman–Crippen MR) is 92.1 cm³/mol. The van der Waals surface area contributed by atoms with Gasteiger partial charge in [-0.1, -0.05) is 18.2 Å². The van der Waals surface area contributed by atoms with E-state index in [1.54, 1.807) is 18.4 Å². The Balaban J connectivity index is 1.86. The molecular formula is C16H20N4OS. The molecule has 1 aromatic heterocycles. The van der Waals surface area contributed by atoms with Gasteiger partial charge >= 0.3 is 0 Å². The summed E-state index contributed by atoms with van der Waals surface area (Å²) < 4.78 is 0. The first-order chi connectivity index (χ1) is 10.7. The highest BCUT2D eigenvalue weighted by Crippen LogP contribution is 2.10. The van der Waals surface area contributed by atoms with Crippen molar-refractivity contribution in [3.63, 3.8) is 0 Å². The van der Waals surface area contributed by atoms with E-state index in [1.165, 1.54) is 11.8 Å². The van der Waals surface area contributed by atoms with E-state index in [0.717, 1.165) is 23.8 Å². The van der Waals surface area contributed by atoms with Crippen molar-refractivity contribution in [3.8, 4) is 0 Å². The lowest BCUT2D eigenvalue weighted by Crippen LogP contribution is -2.36. The molecule has 2 aromatic rings. The molecule has 0 fully saturated rings. The van der Waals surface area contributed by atoms with Crippen LogP contribution >= 0.6 is 11.3 Å². The van der Waals surface area contributed by atoms with Crippen molar-refractivity contribution in [2.45, 2.75) is 20.0 Å². The molecule has 0 saturated heterocycles. The second kappa shape index (κ2) is 8.19. The van der Waals surface area contributed by atoms with Gasteiger partial charge in [-0.2, -0.15) is 0 Å². The zero-order valence-corrected chi connectivity index (χ0v) is 13.5. The number of rotatable bonds is 5. The lowest BCUT2D eigenvalue weighted by Gasteiger charge is -2.12. The molecule has 1 aromatic carbocycles.